The smallest absolute Gasteiger partial charge is 0.378 e. The molecule has 0 fully saturated rings. The molecule has 0 aliphatic carbocycles. The van der Waals surface area contributed by atoms with Crippen molar-refractivity contribution in [3.63, 3.8) is 0 Å². The van der Waals surface area contributed by atoms with Gasteiger partial charge in [0.25, 0.3) is 0 Å². The van der Waals surface area contributed by atoms with Crippen LogP contribution >= 0.6 is 16.5 Å². The van der Waals surface area contributed by atoms with E-state index < -0.39 is 41.3 Å². The maximum Gasteiger partial charge on any atom is 0.471 e. The maximum absolute atomic E-state index is 12.4. The molecule has 0 aliphatic rings. The van der Waals surface area contributed by atoms with E-state index in [0.29, 0.717) is 12.8 Å². The number of rotatable bonds is 19. The van der Waals surface area contributed by atoms with Gasteiger partial charge in [0, 0.05) is 6.54 Å². The van der Waals surface area contributed by atoms with E-state index in [2.05, 4.69) is 4.52 Å². The summed E-state index contributed by atoms with van der Waals surface area (Å²) >= 11 is 0. The summed E-state index contributed by atoms with van der Waals surface area (Å²) in [4.78, 5) is 28.8. The Hall–Kier alpha value is -0.480. The molecule has 0 rings (SSSR count). The minimum atomic E-state index is -4.92. The lowest BCUT2D eigenvalue weighted by atomic mass is 9.75. The molecule has 14 heteroatoms. The largest absolute Gasteiger partial charge is 0.471 e. The second-order valence-electron chi connectivity index (χ2n) is 7.66. The van der Waals surface area contributed by atoms with Crippen LogP contribution in [-0.4, -0.2) is 54.3 Å². The van der Waals surface area contributed by atoms with Gasteiger partial charge in [0.15, 0.2) is 0 Å². The summed E-state index contributed by atoms with van der Waals surface area (Å²) < 4.78 is 74.0. The highest BCUT2D eigenvalue weighted by atomic mass is 31.1. The van der Waals surface area contributed by atoms with Gasteiger partial charge in [-0.25, -0.2) is 0 Å². The Morgan fingerprint density at radius 2 is 1.53 bits per heavy atom. The lowest BCUT2D eigenvalue weighted by Gasteiger charge is -2.35. The van der Waals surface area contributed by atoms with Crippen molar-refractivity contribution in [2.45, 2.75) is 77.5 Å². The minimum absolute atomic E-state index is 0.116. The molecule has 0 aromatic rings. The van der Waals surface area contributed by atoms with Crippen molar-refractivity contribution < 1.29 is 50.7 Å². The van der Waals surface area contributed by atoms with Gasteiger partial charge in [-0.2, -0.15) is 13.2 Å². The molecular weight excluding hydrogens is 477 g/mol. The van der Waals surface area contributed by atoms with E-state index in [1.54, 1.807) is 0 Å². The van der Waals surface area contributed by atoms with Crippen molar-refractivity contribution in [3.8, 4) is 0 Å². The molecule has 3 atom stereocenters. The van der Waals surface area contributed by atoms with Crippen LogP contribution in [0.4, 0.5) is 13.2 Å². The highest BCUT2D eigenvalue weighted by molar-refractivity contribution is 7.32. The molecular formula is C18H36F3NO8P2. The average molecular weight is 513 g/mol. The van der Waals surface area contributed by atoms with Gasteiger partial charge >= 0.3 is 28.6 Å². The zero-order valence-electron chi connectivity index (χ0n) is 18.5. The van der Waals surface area contributed by atoms with Crippen LogP contribution in [0.1, 0.15) is 65.2 Å². The number of carbonyl (C=O) groups excluding carboxylic acids is 1. The number of amides is 1. The van der Waals surface area contributed by atoms with Gasteiger partial charge in [-0.3, -0.25) is 13.9 Å². The van der Waals surface area contributed by atoms with E-state index in [-0.39, 0.29) is 25.2 Å². The molecule has 32 heavy (non-hydrogen) atoms. The Kier molecular flexibility index (Phi) is 16.8. The Bertz CT molecular complexity index is 573. The van der Waals surface area contributed by atoms with E-state index >= 15 is 0 Å². The molecule has 0 aromatic carbocycles. The average Bonchev–Trinajstić information content (AvgIpc) is 2.70. The molecule has 0 heterocycles. The molecule has 3 unspecified atom stereocenters. The van der Waals surface area contributed by atoms with Crippen molar-refractivity contribution >= 4 is 22.4 Å². The number of unbranched alkanes of at least 4 members (excludes halogenated alkanes) is 2. The molecule has 0 saturated carbocycles. The van der Waals surface area contributed by atoms with E-state index in [1.807, 2.05) is 19.2 Å². The van der Waals surface area contributed by atoms with Crippen molar-refractivity contribution in [2.24, 2.45) is 5.41 Å². The van der Waals surface area contributed by atoms with Gasteiger partial charge in [0.1, 0.15) is 6.10 Å². The van der Waals surface area contributed by atoms with Crippen molar-refractivity contribution in [3.05, 3.63) is 0 Å². The molecule has 3 N–H and O–H groups in total. The van der Waals surface area contributed by atoms with Gasteiger partial charge in [-0.15, -0.1) is 0 Å². The molecule has 0 aromatic heterocycles. The predicted octanol–water partition coefficient (Wildman–Crippen LogP) is 3.99. The van der Waals surface area contributed by atoms with Crippen LogP contribution in [-0.2, 0) is 27.7 Å². The quantitative estimate of drug-likeness (QED) is 0.175. The Morgan fingerprint density at radius 1 is 0.969 bits per heavy atom. The van der Waals surface area contributed by atoms with Crippen LogP contribution in [0.2, 0.25) is 0 Å². The normalized spacial score (nSPS) is 15.3. The fourth-order valence-electron chi connectivity index (χ4n) is 3.29. The summed E-state index contributed by atoms with van der Waals surface area (Å²) in [6.07, 6.45) is 0.0186. The van der Waals surface area contributed by atoms with Crippen molar-refractivity contribution in [1.29, 1.82) is 0 Å². The Morgan fingerprint density at radius 3 is 2.00 bits per heavy atom. The Balaban J connectivity index is 5.04. The minimum Gasteiger partial charge on any atom is -0.378 e. The molecule has 1 amide bonds. The number of alkyl halides is 3. The summed E-state index contributed by atoms with van der Waals surface area (Å²) in [7, 11) is -6.57. The second kappa shape index (κ2) is 17.0. The second-order valence-corrected chi connectivity index (χ2v) is 9.25. The topological polar surface area (TPSA) is 131 Å². The number of hydrogen-bond donors (Lipinski definition) is 3. The van der Waals surface area contributed by atoms with Crippen molar-refractivity contribution in [2.75, 3.05) is 26.4 Å². The number of halogens is 3. The van der Waals surface area contributed by atoms with Crippen molar-refractivity contribution in [1.82, 2.24) is 5.32 Å². The number of ether oxygens (including phenoxy) is 1. The zero-order chi connectivity index (χ0) is 24.6. The lowest BCUT2D eigenvalue weighted by Crippen LogP contribution is -2.38. The third-order valence-electron chi connectivity index (χ3n) is 4.92. The van der Waals surface area contributed by atoms with Crippen LogP contribution in [0.25, 0.3) is 0 Å². The Labute approximate surface area is 188 Å². The van der Waals surface area contributed by atoms with E-state index in [1.165, 1.54) is 0 Å². The van der Waals surface area contributed by atoms with Crippen LogP contribution in [0, 0.1) is 5.41 Å². The third kappa shape index (κ3) is 15.4. The fourth-order valence-corrected chi connectivity index (χ4v) is 4.04. The van der Waals surface area contributed by atoms with Gasteiger partial charge in [0.05, 0.1) is 19.8 Å². The standard InChI is InChI=1S/C18H36F3NO8P2/c1-3-5-8-17(9-6-4-2,10-7-11-22-16(23)18(19,20)21)14-28-12-15(30-32(26)27)13-29-31(24)25/h15,31-32H,3-14H2,1-2H3,(H,22,23)(H,24,25)(H,26,27). The third-order valence-corrected chi connectivity index (χ3v) is 5.87. The number of hydrogen-bond acceptors (Lipinski definition) is 6. The SMILES string of the molecule is CCCCC(CCCC)(CCCNC(=O)C(F)(F)F)COCC(CO[PH](=O)O)O[PH](=O)O. The van der Waals surface area contributed by atoms with Crippen LogP contribution < -0.4 is 5.32 Å². The first kappa shape index (κ1) is 31.5. The number of nitrogens with one attached hydrogen (secondary N) is 1. The molecule has 0 saturated heterocycles. The highest BCUT2D eigenvalue weighted by Crippen LogP contribution is 2.37. The summed E-state index contributed by atoms with van der Waals surface area (Å²) in [5.41, 5.74) is -0.352. The first-order valence-electron chi connectivity index (χ1n) is 10.6. The van der Waals surface area contributed by atoms with Gasteiger partial charge in [-0.05, 0) is 31.1 Å². The van der Waals surface area contributed by atoms with Crippen LogP contribution in [0.15, 0.2) is 0 Å². The first-order valence-corrected chi connectivity index (χ1v) is 13.2. The molecule has 9 nitrogen and oxygen atoms in total. The van der Waals surface area contributed by atoms with Crippen LogP contribution in [0.5, 0.6) is 0 Å². The van der Waals surface area contributed by atoms with E-state index in [9.17, 15) is 27.1 Å². The molecule has 0 aliphatic heterocycles. The monoisotopic (exact) mass is 513 g/mol. The summed E-state index contributed by atoms with van der Waals surface area (Å²) in [6.45, 7) is 3.59. The highest BCUT2D eigenvalue weighted by Gasteiger charge is 2.38. The van der Waals surface area contributed by atoms with Crippen LogP contribution in [0.3, 0.4) is 0 Å². The van der Waals surface area contributed by atoms with Gasteiger partial charge < -0.3 is 28.9 Å². The maximum atomic E-state index is 12.4. The molecule has 192 valence electrons. The van der Waals surface area contributed by atoms with E-state index in [0.717, 1.165) is 38.5 Å². The summed E-state index contributed by atoms with van der Waals surface area (Å²) in [6, 6.07) is 0. The number of carbonyl (C=O) groups is 1. The van der Waals surface area contributed by atoms with Gasteiger partial charge in [-0.1, -0.05) is 39.5 Å². The van der Waals surface area contributed by atoms with E-state index in [4.69, 9.17) is 19.0 Å². The predicted molar refractivity (Wildman–Crippen MR) is 114 cm³/mol. The lowest BCUT2D eigenvalue weighted by molar-refractivity contribution is -0.173. The summed E-state index contributed by atoms with van der Waals surface area (Å²) in [5.74, 6) is -1.97. The zero-order valence-corrected chi connectivity index (χ0v) is 20.5. The molecule has 0 spiro atoms. The summed E-state index contributed by atoms with van der Waals surface area (Å²) in [5, 5.41) is 1.88. The molecule has 0 bridgehead atoms. The first-order chi connectivity index (χ1) is 15.0. The fraction of sp³-hybridized carbons (Fsp3) is 0.944. The van der Waals surface area contributed by atoms with Gasteiger partial charge in [0.2, 0.25) is 0 Å². The molecule has 0 radical (unpaired) electrons.